The van der Waals surface area contributed by atoms with Crippen molar-refractivity contribution in [3.63, 3.8) is 0 Å². The van der Waals surface area contributed by atoms with Gasteiger partial charge in [0.05, 0.1) is 17.3 Å². The van der Waals surface area contributed by atoms with Crippen LogP contribution in [0.3, 0.4) is 0 Å². The number of hydrogen-bond acceptors (Lipinski definition) is 5. The molecule has 0 bridgehead atoms. The predicted octanol–water partition coefficient (Wildman–Crippen LogP) is 2.51. The number of aryl methyl sites for hydroxylation is 1. The van der Waals surface area contributed by atoms with Crippen molar-refractivity contribution in [1.29, 1.82) is 5.26 Å². The van der Waals surface area contributed by atoms with E-state index in [1.54, 1.807) is 19.2 Å². The summed E-state index contributed by atoms with van der Waals surface area (Å²) in [5.41, 5.74) is 1.77. The van der Waals surface area contributed by atoms with Gasteiger partial charge in [0, 0.05) is 57.9 Å². The molecule has 3 rings (SSSR count). The van der Waals surface area contributed by atoms with Crippen molar-refractivity contribution < 1.29 is 8.91 Å². The first-order valence-electron chi connectivity index (χ1n) is 8.87. The number of nitrogens with zero attached hydrogens (tertiary/aromatic N) is 5. The predicted molar refractivity (Wildman–Crippen MR) is 115 cm³/mol. The lowest BCUT2D eigenvalue weighted by Crippen LogP contribution is -2.52. The highest BCUT2D eigenvalue weighted by Gasteiger charge is 2.20. The summed E-state index contributed by atoms with van der Waals surface area (Å²) in [7, 11) is 1.72. The molecular formula is C19H24FIN6O. The van der Waals surface area contributed by atoms with Gasteiger partial charge in [0.15, 0.2) is 5.96 Å². The number of nitriles is 1. The van der Waals surface area contributed by atoms with Crippen LogP contribution in [-0.4, -0.2) is 54.1 Å². The first kappa shape index (κ1) is 22.1. The van der Waals surface area contributed by atoms with Gasteiger partial charge in [-0.25, -0.2) is 4.39 Å². The van der Waals surface area contributed by atoms with Gasteiger partial charge in [0.25, 0.3) is 0 Å². The summed E-state index contributed by atoms with van der Waals surface area (Å²) in [6, 6.07) is 8.40. The first-order valence-corrected chi connectivity index (χ1v) is 8.87. The molecule has 1 aliphatic rings. The minimum atomic E-state index is -0.385. The highest BCUT2D eigenvalue weighted by molar-refractivity contribution is 14.0. The van der Waals surface area contributed by atoms with Crippen LogP contribution in [0.2, 0.25) is 0 Å². The van der Waals surface area contributed by atoms with Gasteiger partial charge in [-0.1, -0.05) is 11.2 Å². The molecule has 1 aliphatic heterocycles. The number of guanidine groups is 1. The summed E-state index contributed by atoms with van der Waals surface area (Å²) in [4.78, 5) is 8.79. The molecule has 0 saturated carbocycles. The second-order valence-electron chi connectivity index (χ2n) is 6.51. The number of benzene rings is 1. The van der Waals surface area contributed by atoms with Crippen LogP contribution in [0.15, 0.2) is 33.8 Å². The highest BCUT2D eigenvalue weighted by Crippen LogP contribution is 2.11. The molecule has 1 aromatic carbocycles. The molecule has 1 aromatic heterocycles. The zero-order valence-electron chi connectivity index (χ0n) is 16.0. The molecule has 0 unspecified atom stereocenters. The second-order valence-corrected chi connectivity index (χ2v) is 6.51. The molecule has 0 spiro atoms. The van der Waals surface area contributed by atoms with E-state index in [0.29, 0.717) is 17.7 Å². The summed E-state index contributed by atoms with van der Waals surface area (Å²) in [6.45, 7) is 6.41. The fourth-order valence-corrected chi connectivity index (χ4v) is 3.11. The van der Waals surface area contributed by atoms with Crippen molar-refractivity contribution in [2.75, 3.05) is 33.2 Å². The van der Waals surface area contributed by atoms with Crippen LogP contribution in [0.4, 0.5) is 4.39 Å². The number of nitrogens with one attached hydrogen (secondary N) is 1. The van der Waals surface area contributed by atoms with Crippen LogP contribution in [-0.2, 0) is 13.1 Å². The van der Waals surface area contributed by atoms with Gasteiger partial charge in [0.2, 0.25) is 0 Å². The van der Waals surface area contributed by atoms with Crippen LogP contribution >= 0.6 is 24.0 Å². The van der Waals surface area contributed by atoms with Gasteiger partial charge in [0.1, 0.15) is 11.6 Å². The summed E-state index contributed by atoms with van der Waals surface area (Å²) in [5, 5.41) is 16.1. The maximum atomic E-state index is 14.0. The van der Waals surface area contributed by atoms with Crippen LogP contribution in [0.25, 0.3) is 0 Å². The van der Waals surface area contributed by atoms with E-state index in [9.17, 15) is 4.39 Å². The molecule has 0 aliphatic carbocycles. The van der Waals surface area contributed by atoms with Crippen molar-refractivity contribution in [1.82, 2.24) is 20.3 Å². The number of aromatic nitrogens is 1. The smallest absolute Gasteiger partial charge is 0.194 e. The van der Waals surface area contributed by atoms with Crippen molar-refractivity contribution in [2.45, 2.75) is 20.0 Å². The van der Waals surface area contributed by atoms with Gasteiger partial charge in [-0.2, -0.15) is 5.26 Å². The lowest BCUT2D eigenvalue weighted by molar-refractivity contribution is 0.169. The van der Waals surface area contributed by atoms with E-state index in [0.717, 1.165) is 50.1 Å². The number of halogens is 2. The molecule has 28 heavy (non-hydrogen) atoms. The molecule has 9 heteroatoms. The lowest BCUT2D eigenvalue weighted by atomic mass is 10.1. The van der Waals surface area contributed by atoms with Crippen molar-refractivity contribution in [3.05, 3.63) is 52.7 Å². The van der Waals surface area contributed by atoms with E-state index in [4.69, 9.17) is 9.78 Å². The van der Waals surface area contributed by atoms with E-state index in [-0.39, 0.29) is 29.8 Å². The highest BCUT2D eigenvalue weighted by atomic mass is 127. The number of aliphatic imine (C=N–C) groups is 1. The topological polar surface area (TPSA) is 80.7 Å². The summed E-state index contributed by atoms with van der Waals surface area (Å²) >= 11 is 0. The molecule has 2 aromatic rings. The Balaban J connectivity index is 0.00000280. The Hall–Kier alpha value is -2.19. The summed E-state index contributed by atoms with van der Waals surface area (Å²) in [6.07, 6.45) is 0. The Morgan fingerprint density at radius 1 is 1.32 bits per heavy atom. The standard InChI is InChI=1S/C19H23FN6O.HI/c1-14-9-17(24-27-14)13-25-5-7-26(8-6-25)19(22-2)23-12-16-4-3-15(11-21)10-18(16)20;/h3-4,9-10H,5-8,12-13H2,1-2H3,(H,22,23);1H. The van der Waals surface area contributed by atoms with Crippen LogP contribution in [0.5, 0.6) is 0 Å². The second kappa shape index (κ2) is 10.4. The fourth-order valence-electron chi connectivity index (χ4n) is 3.11. The molecular weight excluding hydrogens is 474 g/mol. The van der Waals surface area contributed by atoms with Crippen LogP contribution in [0.1, 0.15) is 22.6 Å². The number of piperazine rings is 1. The van der Waals surface area contributed by atoms with Crippen LogP contribution in [0, 0.1) is 24.1 Å². The SMILES string of the molecule is CN=C(NCc1ccc(C#N)cc1F)N1CCN(Cc2cc(C)on2)CC1.I. The van der Waals surface area contributed by atoms with E-state index in [2.05, 4.69) is 25.3 Å². The molecule has 0 amide bonds. The van der Waals surface area contributed by atoms with Gasteiger partial charge in [-0.05, 0) is 19.1 Å². The number of rotatable bonds is 4. The molecule has 7 nitrogen and oxygen atoms in total. The minimum absolute atomic E-state index is 0. The summed E-state index contributed by atoms with van der Waals surface area (Å²) < 4.78 is 19.1. The third-order valence-electron chi connectivity index (χ3n) is 4.57. The van der Waals surface area contributed by atoms with Gasteiger partial charge >= 0.3 is 0 Å². The van der Waals surface area contributed by atoms with E-state index in [1.807, 2.05) is 19.1 Å². The third-order valence-corrected chi connectivity index (χ3v) is 4.57. The molecule has 1 N–H and O–H groups in total. The quantitative estimate of drug-likeness (QED) is 0.397. The van der Waals surface area contributed by atoms with Gasteiger partial charge in [-0.3, -0.25) is 9.89 Å². The Morgan fingerprint density at radius 3 is 2.64 bits per heavy atom. The van der Waals surface area contributed by atoms with E-state index in [1.165, 1.54) is 6.07 Å². The molecule has 0 radical (unpaired) electrons. The Bertz CT molecular complexity index is 854. The van der Waals surface area contributed by atoms with Crippen molar-refractivity contribution in [3.8, 4) is 6.07 Å². The van der Waals surface area contributed by atoms with Crippen molar-refractivity contribution >= 4 is 29.9 Å². The Kier molecular flexibility index (Phi) is 8.19. The van der Waals surface area contributed by atoms with E-state index < -0.39 is 0 Å². The molecule has 2 heterocycles. The average molecular weight is 498 g/mol. The van der Waals surface area contributed by atoms with Gasteiger partial charge in [-0.15, -0.1) is 24.0 Å². The molecule has 1 saturated heterocycles. The molecule has 1 fully saturated rings. The third kappa shape index (κ3) is 5.65. The van der Waals surface area contributed by atoms with Crippen molar-refractivity contribution in [2.24, 2.45) is 4.99 Å². The fraction of sp³-hybridized carbons (Fsp3) is 0.421. The maximum Gasteiger partial charge on any atom is 0.194 e. The first-order chi connectivity index (χ1) is 13.1. The minimum Gasteiger partial charge on any atom is -0.361 e. The maximum absolute atomic E-state index is 14.0. The molecule has 150 valence electrons. The monoisotopic (exact) mass is 498 g/mol. The normalized spacial score (nSPS) is 15.1. The molecule has 0 atom stereocenters. The zero-order chi connectivity index (χ0) is 19.2. The van der Waals surface area contributed by atoms with Gasteiger partial charge < -0.3 is 14.7 Å². The lowest BCUT2D eigenvalue weighted by Gasteiger charge is -2.36. The zero-order valence-corrected chi connectivity index (χ0v) is 18.3. The summed E-state index contributed by atoms with van der Waals surface area (Å²) in [5.74, 6) is 1.18. The largest absolute Gasteiger partial charge is 0.361 e. The van der Waals surface area contributed by atoms with E-state index >= 15 is 0 Å². The average Bonchev–Trinajstić information content (AvgIpc) is 3.09. The Labute approximate surface area is 181 Å². The number of hydrogen-bond donors (Lipinski definition) is 1. The Morgan fingerprint density at radius 2 is 2.07 bits per heavy atom. The van der Waals surface area contributed by atoms with Crippen LogP contribution < -0.4 is 5.32 Å².